The minimum atomic E-state index is -0.353. The molecule has 0 atom stereocenters. The van der Waals surface area contributed by atoms with Crippen molar-refractivity contribution in [3.8, 4) is 0 Å². The normalized spacial score (nSPS) is 11.4. The molecule has 3 nitrogen and oxygen atoms in total. The van der Waals surface area contributed by atoms with Gasteiger partial charge in [-0.25, -0.2) is 4.79 Å². The van der Waals surface area contributed by atoms with Gasteiger partial charge in [-0.05, 0) is 18.2 Å². The van der Waals surface area contributed by atoms with Crippen LogP contribution in [-0.2, 0) is 9.53 Å². The zero-order valence-electron chi connectivity index (χ0n) is 7.12. The molecule has 13 heavy (non-hydrogen) atoms. The van der Waals surface area contributed by atoms with Crippen molar-refractivity contribution in [1.82, 2.24) is 0 Å². The summed E-state index contributed by atoms with van der Waals surface area (Å²) >= 11 is 3.19. The maximum absolute atomic E-state index is 11.1. The van der Waals surface area contributed by atoms with Gasteiger partial charge in [0.15, 0.2) is 0 Å². The standard InChI is InChI=1S/C9H9BrO3/c1-12-9(11)7(6-10)5-8-3-2-4-13-8/h2-5H,6H2,1H3/b7-5-. The van der Waals surface area contributed by atoms with E-state index in [0.29, 0.717) is 16.7 Å². The molecule has 70 valence electrons. The SMILES string of the molecule is COC(=O)/C(=C\c1ccco1)CBr. The van der Waals surface area contributed by atoms with Crippen molar-refractivity contribution in [3.63, 3.8) is 0 Å². The number of ether oxygens (including phenoxy) is 1. The van der Waals surface area contributed by atoms with E-state index in [0.717, 1.165) is 0 Å². The van der Waals surface area contributed by atoms with Crippen molar-refractivity contribution < 1.29 is 13.9 Å². The van der Waals surface area contributed by atoms with Gasteiger partial charge in [-0.15, -0.1) is 0 Å². The topological polar surface area (TPSA) is 39.4 Å². The van der Waals surface area contributed by atoms with Gasteiger partial charge in [0.05, 0.1) is 18.9 Å². The van der Waals surface area contributed by atoms with Gasteiger partial charge < -0.3 is 9.15 Å². The molecular formula is C9H9BrO3. The van der Waals surface area contributed by atoms with Gasteiger partial charge in [0.1, 0.15) is 5.76 Å². The first-order chi connectivity index (χ1) is 6.27. The number of hydrogen-bond donors (Lipinski definition) is 0. The first-order valence-electron chi connectivity index (χ1n) is 3.66. The van der Waals surface area contributed by atoms with Gasteiger partial charge in [0.25, 0.3) is 0 Å². The van der Waals surface area contributed by atoms with Crippen molar-refractivity contribution in [2.75, 3.05) is 12.4 Å². The van der Waals surface area contributed by atoms with Crippen LogP contribution in [0.3, 0.4) is 0 Å². The molecule has 0 N–H and O–H groups in total. The number of carbonyl (C=O) groups excluding carboxylic acids is 1. The molecule has 1 heterocycles. The van der Waals surface area contributed by atoms with E-state index in [1.54, 1.807) is 24.5 Å². The fraction of sp³-hybridized carbons (Fsp3) is 0.222. The van der Waals surface area contributed by atoms with Crippen LogP contribution in [-0.4, -0.2) is 18.4 Å². The lowest BCUT2D eigenvalue weighted by Gasteiger charge is -1.99. The van der Waals surface area contributed by atoms with E-state index in [9.17, 15) is 4.79 Å². The number of halogens is 1. The van der Waals surface area contributed by atoms with E-state index in [-0.39, 0.29) is 5.97 Å². The van der Waals surface area contributed by atoms with Crippen LogP contribution >= 0.6 is 15.9 Å². The predicted molar refractivity (Wildman–Crippen MR) is 52.5 cm³/mol. The molecule has 0 aliphatic carbocycles. The summed E-state index contributed by atoms with van der Waals surface area (Å²) in [6.45, 7) is 0. The number of alkyl halides is 1. The molecule has 0 amide bonds. The molecule has 0 saturated heterocycles. The molecule has 0 aliphatic heterocycles. The zero-order chi connectivity index (χ0) is 9.68. The zero-order valence-corrected chi connectivity index (χ0v) is 8.71. The summed E-state index contributed by atoms with van der Waals surface area (Å²) in [4.78, 5) is 11.1. The van der Waals surface area contributed by atoms with Crippen LogP contribution in [0.2, 0.25) is 0 Å². The van der Waals surface area contributed by atoms with Crippen LogP contribution in [0.5, 0.6) is 0 Å². The molecule has 0 bridgehead atoms. The molecule has 1 aromatic heterocycles. The Bertz CT molecular complexity index is 301. The van der Waals surface area contributed by atoms with Gasteiger partial charge in [0, 0.05) is 5.33 Å². The molecule has 0 fully saturated rings. The number of carbonyl (C=O) groups is 1. The fourth-order valence-electron chi connectivity index (χ4n) is 0.828. The lowest BCUT2D eigenvalue weighted by atomic mass is 10.2. The Morgan fingerprint density at radius 3 is 3.00 bits per heavy atom. The third-order valence-electron chi connectivity index (χ3n) is 1.45. The lowest BCUT2D eigenvalue weighted by Crippen LogP contribution is -2.05. The number of methoxy groups -OCH3 is 1. The van der Waals surface area contributed by atoms with E-state index in [4.69, 9.17) is 4.42 Å². The monoisotopic (exact) mass is 244 g/mol. The van der Waals surface area contributed by atoms with Crippen LogP contribution in [0.25, 0.3) is 6.08 Å². The van der Waals surface area contributed by atoms with Crippen molar-refractivity contribution in [2.45, 2.75) is 0 Å². The highest BCUT2D eigenvalue weighted by atomic mass is 79.9. The van der Waals surface area contributed by atoms with Gasteiger partial charge in [-0.2, -0.15) is 0 Å². The number of furan rings is 1. The summed E-state index contributed by atoms with van der Waals surface area (Å²) in [5.41, 5.74) is 0.525. The minimum absolute atomic E-state index is 0.353. The van der Waals surface area contributed by atoms with Crippen LogP contribution in [0, 0.1) is 0 Å². The minimum Gasteiger partial charge on any atom is -0.466 e. The average Bonchev–Trinajstić information content (AvgIpc) is 2.65. The quantitative estimate of drug-likeness (QED) is 0.465. The molecule has 1 aromatic rings. The molecule has 0 aliphatic rings. The molecule has 0 radical (unpaired) electrons. The Labute approximate surface area is 84.5 Å². The second-order valence-electron chi connectivity index (χ2n) is 2.31. The van der Waals surface area contributed by atoms with E-state index in [1.165, 1.54) is 7.11 Å². The molecule has 0 spiro atoms. The number of hydrogen-bond acceptors (Lipinski definition) is 3. The van der Waals surface area contributed by atoms with E-state index in [1.807, 2.05) is 0 Å². The molecule has 4 heteroatoms. The van der Waals surface area contributed by atoms with E-state index >= 15 is 0 Å². The average molecular weight is 245 g/mol. The highest BCUT2D eigenvalue weighted by Crippen LogP contribution is 2.10. The first kappa shape index (κ1) is 10.1. The Balaban J connectivity index is 2.83. The van der Waals surface area contributed by atoms with Crippen LogP contribution < -0.4 is 0 Å². The molecular weight excluding hydrogens is 236 g/mol. The Hall–Kier alpha value is -1.03. The summed E-state index contributed by atoms with van der Waals surface area (Å²) in [5.74, 6) is 0.285. The van der Waals surface area contributed by atoms with Gasteiger partial charge >= 0.3 is 5.97 Å². The highest BCUT2D eigenvalue weighted by Gasteiger charge is 2.08. The van der Waals surface area contributed by atoms with Crippen LogP contribution in [0.1, 0.15) is 5.76 Å². The van der Waals surface area contributed by atoms with E-state index in [2.05, 4.69) is 20.7 Å². The molecule has 1 rings (SSSR count). The van der Waals surface area contributed by atoms with Crippen molar-refractivity contribution in [1.29, 1.82) is 0 Å². The fourth-order valence-corrected chi connectivity index (χ4v) is 1.22. The Morgan fingerprint density at radius 1 is 1.77 bits per heavy atom. The van der Waals surface area contributed by atoms with Crippen molar-refractivity contribution in [2.24, 2.45) is 0 Å². The smallest absolute Gasteiger partial charge is 0.334 e. The van der Waals surface area contributed by atoms with Gasteiger partial charge in [-0.3, -0.25) is 0 Å². The van der Waals surface area contributed by atoms with Crippen LogP contribution in [0.4, 0.5) is 0 Å². The second-order valence-corrected chi connectivity index (χ2v) is 2.87. The second kappa shape index (κ2) is 4.87. The summed E-state index contributed by atoms with van der Waals surface area (Å²) in [6.07, 6.45) is 3.19. The third-order valence-corrected chi connectivity index (χ3v) is 2.06. The summed E-state index contributed by atoms with van der Waals surface area (Å²) < 4.78 is 9.63. The van der Waals surface area contributed by atoms with Crippen molar-refractivity contribution in [3.05, 3.63) is 29.7 Å². The van der Waals surface area contributed by atoms with Gasteiger partial charge in [0.2, 0.25) is 0 Å². The maximum atomic E-state index is 11.1. The summed E-state index contributed by atoms with van der Waals surface area (Å²) in [7, 11) is 1.35. The predicted octanol–water partition coefficient (Wildman–Crippen LogP) is 2.23. The van der Waals surface area contributed by atoms with E-state index < -0.39 is 0 Å². The lowest BCUT2D eigenvalue weighted by molar-refractivity contribution is -0.135. The number of esters is 1. The highest BCUT2D eigenvalue weighted by molar-refractivity contribution is 9.09. The van der Waals surface area contributed by atoms with Crippen LogP contribution in [0.15, 0.2) is 28.4 Å². The van der Waals surface area contributed by atoms with Crippen molar-refractivity contribution >= 4 is 28.0 Å². The first-order valence-corrected chi connectivity index (χ1v) is 4.78. The number of rotatable bonds is 3. The summed E-state index contributed by atoms with van der Waals surface area (Å²) in [6, 6.07) is 3.53. The Morgan fingerprint density at radius 2 is 2.54 bits per heavy atom. The largest absolute Gasteiger partial charge is 0.466 e. The summed E-state index contributed by atoms with van der Waals surface area (Å²) in [5, 5.41) is 0.445. The molecule has 0 aromatic carbocycles. The molecule has 0 saturated carbocycles. The Kier molecular flexibility index (Phi) is 3.76. The third kappa shape index (κ3) is 2.73. The maximum Gasteiger partial charge on any atom is 0.334 e. The van der Waals surface area contributed by atoms with Gasteiger partial charge in [-0.1, -0.05) is 15.9 Å². The molecule has 0 unspecified atom stereocenters.